The van der Waals surface area contributed by atoms with Crippen molar-refractivity contribution in [1.29, 1.82) is 0 Å². The van der Waals surface area contributed by atoms with E-state index in [0.717, 1.165) is 19.4 Å². The molecule has 1 saturated heterocycles. The fourth-order valence-corrected chi connectivity index (χ4v) is 2.54. The van der Waals surface area contributed by atoms with Gasteiger partial charge in [0.1, 0.15) is 18.0 Å². The molecule has 0 aromatic heterocycles. The van der Waals surface area contributed by atoms with Gasteiger partial charge in [-0.3, -0.25) is 15.6 Å². The quantitative estimate of drug-likeness (QED) is 0.454. The van der Waals surface area contributed by atoms with Crippen LogP contribution in [0.5, 0.6) is 5.75 Å². The van der Waals surface area contributed by atoms with Gasteiger partial charge in [0.05, 0.1) is 6.10 Å². The van der Waals surface area contributed by atoms with Gasteiger partial charge in [-0.05, 0) is 37.1 Å². The smallest absolute Gasteiger partial charge is 0.269 e. The number of carbonyl (C=O) groups excluding carboxylic acids is 1. The Balaban J connectivity index is 1.58. The SMILES string of the molecule is O=C(NNc1c(F)c(F)cc(F)c1F)c1ccc(OCC2CCCO2)cc1. The maximum absolute atomic E-state index is 13.5. The first-order valence-electron chi connectivity index (χ1n) is 8.19. The molecule has 1 aliphatic heterocycles. The summed E-state index contributed by atoms with van der Waals surface area (Å²) in [7, 11) is 0. The molecule has 1 unspecified atom stereocenters. The summed E-state index contributed by atoms with van der Waals surface area (Å²) in [6.45, 7) is 1.12. The second-order valence-electron chi connectivity index (χ2n) is 5.89. The monoisotopic (exact) mass is 384 g/mol. The molecule has 0 radical (unpaired) electrons. The molecule has 0 bridgehead atoms. The third-order valence-corrected chi connectivity index (χ3v) is 3.99. The van der Waals surface area contributed by atoms with Crippen molar-refractivity contribution in [3.63, 3.8) is 0 Å². The number of hydrazine groups is 1. The minimum atomic E-state index is -1.65. The van der Waals surface area contributed by atoms with E-state index >= 15 is 0 Å². The molecule has 27 heavy (non-hydrogen) atoms. The number of anilines is 1. The van der Waals surface area contributed by atoms with E-state index < -0.39 is 34.9 Å². The Bertz CT molecular complexity index is 798. The molecule has 2 aromatic rings. The number of nitrogens with one attached hydrogen (secondary N) is 2. The molecule has 1 amide bonds. The minimum absolute atomic E-state index is 0.0497. The molecule has 9 heteroatoms. The average molecular weight is 384 g/mol. The molecule has 1 atom stereocenters. The highest BCUT2D eigenvalue weighted by molar-refractivity contribution is 5.95. The van der Waals surface area contributed by atoms with Crippen LogP contribution < -0.4 is 15.6 Å². The fourth-order valence-electron chi connectivity index (χ4n) is 2.54. The lowest BCUT2D eigenvalue weighted by Crippen LogP contribution is -2.30. The summed E-state index contributed by atoms with van der Waals surface area (Å²) in [4.78, 5) is 12.0. The van der Waals surface area contributed by atoms with E-state index in [4.69, 9.17) is 9.47 Å². The average Bonchev–Trinajstić information content (AvgIpc) is 3.18. The van der Waals surface area contributed by atoms with Crippen molar-refractivity contribution >= 4 is 11.6 Å². The normalized spacial score (nSPS) is 16.2. The van der Waals surface area contributed by atoms with Crippen LogP contribution in [0.15, 0.2) is 30.3 Å². The fraction of sp³-hybridized carbons (Fsp3) is 0.278. The first-order chi connectivity index (χ1) is 13.0. The Morgan fingerprint density at radius 3 is 2.37 bits per heavy atom. The third kappa shape index (κ3) is 4.48. The Morgan fingerprint density at radius 2 is 1.78 bits per heavy atom. The zero-order chi connectivity index (χ0) is 19.4. The van der Waals surface area contributed by atoms with Gasteiger partial charge in [0.2, 0.25) is 0 Å². The lowest BCUT2D eigenvalue weighted by molar-refractivity contribution is 0.0679. The first kappa shape index (κ1) is 19.0. The van der Waals surface area contributed by atoms with E-state index in [-0.39, 0.29) is 17.7 Å². The second-order valence-corrected chi connectivity index (χ2v) is 5.89. The van der Waals surface area contributed by atoms with Crippen LogP contribution in [0.25, 0.3) is 0 Å². The number of hydrogen-bond donors (Lipinski definition) is 2. The van der Waals surface area contributed by atoms with Crippen molar-refractivity contribution in [2.24, 2.45) is 0 Å². The molecular weight excluding hydrogens is 368 g/mol. The van der Waals surface area contributed by atoms with E-state index in [9.17, 15) is 22.4 Å². The number of rotatable bonds is 6. The molecule has 1 heterocycles. The number of amides is 1. The molecule has 2 aromatic carbocycles. The van der Waals surface area contributed by atoms with E-state index in [1.807, 2.05) is 10.9 Å². The highest BCUT2D eigenvalue weighted by atomic mass is 19.2. The Morgan fingerprint density at radius 1 is 1.11 bits per heavy atom. The minimum Gasteiger partial charge on any atom is -0.491 e. The molecule has 144 valence electrons. The van der Waals surface area contributed by atoms with Crippen molar-refractivity contribution in [2.75, 3.05) is 18.6 Å². The lowest BCUT2D eigenvalue weighted by atomic mass is 10.2. The van der Waals surface area contributed by atoms with Gasteiger partial charge >= 0.3 is 0 Å². The topological polar surface area (TPSA) is 59.6 Å². The summed E-state index contributed by atoms with van der Waals surface area (Å²) in [5, 5.41) is 0. The molecule has 1 aliphatic rings. The number of carbonyl (C=O) groups is 1. The lowest BCUT2D eigenvalue weighted by Gasteiger charge is -2.13. The predicted octanol–water partition coefficient (Wildman–Crippen LogP) is 3.56. The van der Waals surface area contributed by atoms with Crippen molar-refractivity contribution in [3.8, 4) is 5.75 Å². The molecular formula is C18H16F4N2O3. The van der Waals surface area contributed by atoms with Gasteiger partial charge in [-0.2, -0.15) is 0 Å². The third-order valence-electron chi connectivity index (χ3n) is 3.99. The van der Waals surface area contributed by atoms with Gasteiger partial charge in [-0.25, -0.2) is 17.6 Å². The second kappa shape index (κ2) is 8.26. The van der Waals surface area contributed by atoms with Crippen LogP contribution in [0.3, 0.4) is 0 Å². The van der Waals surface area contributed by atoms with Crippen LogP contribution in [0.1, 0.15) is 23.2 Å². The standard InChI is InChI=1S/C18H16F4N2O3/c19-13-8-14(20)16(22)17(15(13)21)23-24-18(25)10-3-5-11(6-4-10)27-9-12-2-1-7-26-12/h3-6,8,12,23H,1-2,7,9H2,(H,24,25). The van der Waals surface area contributed by atoms with Gasteiger partial charge in [-0.15, -0.1) is 0 Å². The summed E-state index contributed by atoms with van der Waals surface area (Å²) in [6, 6.07) is 6.04. The largest absolute Gasteiger partial charge is 0.491 e. The maximum atomic E-state index is 13.5. The van der Waals surface area contributed by atoms with Crippen molar-refractivity contribution < 1.29 is 31.8 Å². The van der Waals surface area contributed by atoms with E-state index in [1.165, 1.54) is 12.1 Å². The van der Waals surface area contributed by atoms with Crippen LogP contribution in [-0.2, 0) is 4.74 Å². The van der Waals surface area contributed by atoms with Crippen molar-refractivity contribution in [3.05, 3.63) is 59.2 Å². The first-order valence-corrected chi connectivity index (χ1v) is 8.19. The molecule has 3 rings (SSSR count). The summed E-state index contributed by atoms with van der Waals surface area (Å²) in [5.74, 6) is -6.70. The van der Waals surface area contributed by atoms with Crippen LogP contribution in [0.4, 0.5) is 23.2 Å². The van der Waals surface area contributed by atoms with Crippen molar-refractivity contribution in [2.45, 2.75) is 18.9 Å². The molecule has 0 spiro atoms. The van der Waals surface area contributed by atoms with E-state index in [2.05, 4.69) is 0 Å². The van der Waals surface area contributed by atoms with Gasteiger partial charge in [-0.1, -0.05) is 0 Å². The summed E-state index contributed by atoms with van der Waals surface area (Å²) in [6.07, 6.45) is 1.98. The summed E-state index contributed by atoms with van der Waals surface area (Å²) >= 11 is 0. The Labute approximate surface area is 152 Å². The number of benzene rings is 2. The number of ether oxygens (including phenoxy) is 2. The summed E-state index contributed by atoms with van der Waals surface area (Å²) < 4.78 is 64.3. The Kier molecular flexibility index (Phi) is 5.80. The van der Waals surface area contributed by atoms with E-state index in [0.29, 0.717) is 12.4 Å². The van der Waals surface area contributed by atoms with Crippen LogP contribution >= 0.6 is 0 Å². The highest BCUT2D eigenvalue weighted by Crippen LogP contribution is 2.23. The highest BCUT2D eigenvalue weighted by Gasteiger charge is 2.20. The number of halogens is 4. The van der Waals surface area contributed by atoms with Crippen LogP contribution in [-0.4, -0.2) is 25.2 Å². The van der Waals surface area contributed by atoms with Crippen LogP contribution in [0.2, 0.25) is 0 Å². The maximum Gasteiger partial charge on any atom is 0.269 e. The molecule has 5 nitrogen and oxygen atoms in total. The number of hydrogen-bond acceptors (Lipinski definition) is 4. The zero-order valence-corrected chi connectivity index (χ0v) is 14.0. The predicted molar refractivity (Wildman–Crippen MR) is 88.3 cm³/mol. The van der Waals surface area contributed by atoms with Gasteiger partial charge in [0.25, 0.3) is 5.91 Å². The van der Waals surface area contributed by atoms with Gasteiger partial charge in [0, 0.05) is 18.2 Å². The molecule has 0 saturated carbocycles. The van der Waals surface area contributed by atoms with E-state index in [1.54, 1.807) is 12.1 Å². The zero-order valence-electron chi connectivity index (χ0n) is 14.0. The molecule has 2 N–H and O–H groups in total. The summed E-state index contributed by atoms with van der Waals surface area (Å²) in [5.41, 5.74) is 2.86. The van der Waals surface area contributed by atoms with Crippen LogP contribution in [0, 0.1) is 23.3 Å². The van der Waals surface area contributed by atoms with Gasteiger partial charge < -0.3 is 9.47 Å². The molecule has 1 fully saturated rings. The molecule has 0 aliphatic carbocycles. The Hall–Kier alpha value is -2.81. The van der Waals surface area contributed by atoms with Crippen molar-refractivity contribution in [1.82, 2.24) is 5.43 Å². The van der Waals surface area contributed by atoms with Gasteiger partial charge in [0.15, 0.2) is 23.3 Å².